The third kappa shape index (κ3) is 6.28. The first-order chi connectivity index (χ1) is 15.4. The Morgan fingerprint density at radius 2 is 1.97 bits per heavy atom. The van der Waals surface area contributed by atoms with E-state index in [0.29, 0.717) is 33.3 Å². The van der Waals surface area contributed by atoms with Gasteiger partial charge >= 0.3 is 0 Å². The maximum absolute atomic E-state index is 12.5. The quantitative estimate of drug-likeness (QED) is 0.283. The van der Waals surface area contributed by atoms with Crippen molar-refractivity contribution in [1.29, 1.82) is 0 Å². The number of aromatic nitrogens is 3. The monoisotopic (exact) mass is 490 g/mol. The second-order valence-corrected chi connectivity index (χ2v) is 8.85. The molecule has 1 heterocycles. The van der Waals surface area contributed by atoms with Crippen molar-refractivity contribution in [2.45, 2.75) is 37.7 Å². The van der Waals surface area contributed by atoms with Crippen LogP contribution in [-0.4, -0.2) is 26.4 Å². The summed E-state index contributed by atoms with van der Waals surface area (Å²) in [5.74, 6) is 1.24. The van der Waals surface area contributed by atoms with Gasteiger partial charge in [0.25, 0.3) is 0 Å². The fourth-order valence-corrected chi connectivity index (χ4v) is 4.28. The molecular weight excluding hydrogens is 467 g/mol. The summed E-state index contributed by atoms with van der Waals surface area (Å²) in [6.07, 6.45) is 1.32. The number of hydrogen-bond acceptors (Lipinski definition) is 5. The zero-order valence-corrected chi connectivity index (χ0v) is 20.1. The van der Waals surface area contributed by atoms with E-state index >= 15 is 0 Å². The first-order valence-corrected chi connectivity index (χ1v) is 11.8. The fourth-order valence-electron chi connectivity index (χ4n) is 3.06. The Kier molecular flexibility index (Phi) is 8.61. The van der Waals surface area contributed by atoms with Crippen LogP contribution in [0.1, 0.15) is 37.4 Å². The molecule has 3 rings (SSSR count). The van der Waals surface area contributed by atoms with Crippen LogP contribution in [0, 0.1) is 0 Å². The summed E-state index contributed by atoms with van der Waals surface area (Å²) in [6, 6.07) is 14.8. The van der Waals surface area contributed by atoms with Crippen LogP contribution in [0.5, 0.6) is 5.75 Å². The number of carbonyl (C=O) groups is 1. The summed E-state index contributed by atoms with van der Waals surface area (Å²) in [5, 5.41) is 13.1. The minimum Gasteiger partial charge on any atom is -0.481 e. The number of nitrogens with zero attached hydrogens (tertiary/aromatic N) is 3. The molecule has 0 radical (unpaired) electrons. The average Bonchev–Trinajstić information content (AvgIpc) is 3.18. The third-order valence-corrected chi connectivity index (χ3v) is 6.13. The summed E-state index contributed by atoms with van der Waals surface area (Å²) in [4.78, 5) is 12.5. The van der Waals surface area contributed by atoms with E-state index in [4.69, 9.17) is 27.9 Å². The molecule has 2 unspecified atom stereocenters. The van der Waals surface area contributed by atoms with Gasteiger partial charge < -0.3 is 10.1 Å². The van der Waals surface area contributed by atoms with Crippen LogP contribution >= 0.6 is 35.0 Å². The third-order valence-electron chi connectivity index (χ3n) is 4.63. The van der Waals surface area contributed by atoms with E-state index in [1.165, 1.54) is 11.8 Å². The molecule has 0 spiro atoms. The molecule has 2 aromatic carbocycles. The summed E-state index contributed by atoms with van der Waals surface area (Å²) < 4.78 is 7.85. The number of hydrogen-bond donors (Lipinski definition) is 1. The fraction of sp³-hybridized carbons (Fsp3) is 0.261. The first-order valence-electron chi connectivity index (χ1n) is 10.0. The van der Waals surface area contributed by atoms with Gasteiger partial charge in [0.05, 0.1) is 16.8 Å². The van der Waals surface area contributed by atoms with Crippen LogP contribution in [0.15, 0.2) is 66.3 Å². The van der Waals surface area contributed by atoms with Crippen molar-refractivity contribution >= 4 is 40.9 Å². The molecular formula is C23H24Cl2N4O2S. The lowest BCUT2D eigenvalue weighted by atomic mass is 10.1. The minimum absolute atomic E-state index is 0.0801. The Hall–Kier alpha value is -2.48. The lowest BCUT2D eigenvalue weighted by Gasteiger charge is -2.17. The molecule has 1 amide bonds. The molecule has 1 N–H and O–H groups in total. The minimum atomic E-state index is -0.428. The normalized spacial score (nSPS) is 12.8. The van der Waals surface area contributed by atoms with E-state index in [-0.39, 0.29) is 17.7 Å². The number of benzene rings is 2. The molecule has 1 aromatic heterocycles. The smallest absolute Gasteiger partial charge is 0.230 e. The molecule has 6 nitrogen and oxygen atoms in total. The second kappa shape index (κ2) is 11.4. The lowest BCUT2D eigenvalue weighted by Crippen LogP contribution is -2.28. The van der Waals surface area contributed by atoms with Gasteiger partial charge in [-0.1, -0.05) is 71.4 Å². The number of allylic oxidation sites excluding steroid dienone is 1. The van der Waals surface area contributed by atoms with Crippen LogP contribution < -0.4 is 10.1 Å². The van der Waals surface area contributed by atoms with E-state index in [1.807, 2.05) is 48.7 Å². The zero-order valence-electron chi connectivity index (χ0n) is 17.8. The molecule has 3 aromatic rings. The van der Waals surface area contributed by atoms with E-state index in [0.717, 1.165) is 5.56 Å². The van der Waals surface area contributed by atoms with Crippen molar-refractivity contribution < 1.29 is 9.53 Å². The van der Waals surface area contributed by atoms with E-state index in [9.17, 15) is 4.79 Å². The molecule has 0 aliphatic rings. The number of rotatable bonds is 10. The molecule has 2 atom stereocenters. The van der Waals surface area contributed by atoms with Gasteiger partial charge in [-0.05, 0) is 37.6 Å². The molecule has 0 saturated heterocycles. The standard InChI is InChI=1S/C23H24Cl2N4O2S/c1-4-12-29-22(16(3)31-20-11-10-18(24)13-19(20)25)27-28-23(29)32-14-21(30)26-15(2)17-8-6-5-7-9-17/h4-11,13,15-16H,1,12,14H2,2-3H3,(H,26,30). The Labute approximate surface area is 202 Å². The molecule has 168 valence electrons. The van der Waals surface area contributed by atoms with Gasteiger partial charge in [-0.3, -0.25) is 9.36 Å². The van der Waals surface area contributed by atoms with Gasteiger partial charge in [-0.2, -0.15) is 0 Å². The van der Waals surface area contributed by atoms with E-state index in [2.05, 4.69) is 22.1 Å². The maximum atomic E-state index is 12.5. The summed E-state index contributed by atoms with van der Waals surface area (Å²) in [5.41, 5.74) is 1.05. The Morgan fingerprint density at radius 3 is 2.66 bits per heavy atom. The van der Waals surface area contributed by atoms with Crippen LogP contribution in [0.2, 0.25) is 10.0 Å². The SMILES string of the molecule is C=CCn1c(SCC(=O)NC(C)c2ccccc2)nnc1C(C)Oc1ccc(Cl)cc1Cl. The molecule has 0 bridgehead atoms. The van der Waals surface area contributed by atoms with Crippen molar-refractivity contribution in [2.24, 2.45) is 0 Å². The topological polar surface area (TPSA) is 69.0 Å². The first kappa shape index (κ1) is 24.2. The molecule has 32 heavy (non-hydrogen) atoms. The van der Waals surface area contributed by atoms with Crippen molar-refractivity contribution in [1.82, 2.24) is 20.1 Å². The van der Waals surface area contributed by atoms with E-state index < -0.39 is 6.10 Å². The zero-order chi connectivity index (χ0) is 23.1. The number of carbonyl (C=O) groups excluding carboxylic acids is 1. The van der Waals surface area contributed by atoms with Crippen molar-refractivity contribution in [2.75, 3.05) is 5.75 Å². The highest BCUT2D eigenvalue weighted by Crippen LogP contribution is 2.31. The van der Waals surface area contributed by atoms with Crippen LogP contribution in [-0.2, 0) is 11.3 Å². The maximum Gasteiger partial charge on any atom is 0.230 e. The number of ether oxygens (including phenoxy) is 1. The predicted octanol–water partition coefficient (Wildman–Crippen LogP) is 5.88. The molecule has 9 heteroatoms. The molecule has 0 fully saturated rings. The Bertz CT molecular complexity index is 1080. The van der Waals surface area contributed by atoms with Crippen LogP contribution in [0.4, 0.5) is 0 Å². The summed E-state index contributed by atoms with van der Waals surface area (Å²) in [7, 11) is 0. The number of thioether (sulfide) groups is 1. The Balaban J connectivity index is 1.66. The number of amides is 1. The van der Waals surface area contributed by atoms with Crippen molar-refractivity contribution in [3.8, 4) is 5.75 Å². The predicted molar refractivity (Wildman–Crippen MR) is 129 cm³/mol. The Morgan fingerprint density at radius 1 is 1.22 bits per heavy atom. The largest absolute Gasteiger partial charge is 0.481 e. The van der Waals surface area contributed by atoms with Gasteiger partial charge in [-0.25, -0.2) is 0 Å². The molecule has 0 aliphatic carbocycles. The summed E-state index contributed by atoms with van der Waals surface area (Å²) in [6.45, 7) is 8.11. The molecule has 0 saturated carbocycles. The highest BCUT2D eigenvalue weighted by atomic mass is 35.5. The molecule has 0 aliphatic heterocycles. The highest BCUT2D eigenvalue weighted by molar-refractivity contribution is 7.99. The number of halogens is 2. The summed E-state index contributed by atoms with van der Waals surface area (Å²) >= 11 is 13.5. The van der Waals surface area contributed by atoms with Gasteiger partial charge in [0, 0.05) is 11.6 Å². The van der Waals surface area contributed by atoms with Gasteiger partial charge in [0.2, 0.25) is 5.91 Å². The van der Waals surface area contributed by atoms with Gasteiger partial charge in [-0.15, -0.1) is 16.8 Å². The van der Waals surface area contributed by atoms with E-state index in [1.54, 1.807) is 24.3 Å². The van der Waals surface area contributed by atoms with Crippen molar-refractivity contribution in [3.63, 3.8) is 0 Å². The van der Waals surface area contributed by atoms with Gasteiger partial charge in [0.15, 0.2) is 17.1 Å². The number of nitrogens with one attached hydrogen (secondary N) is 1. The highest BCUT2D eigenvalue weighted by Gasteiger charge is 2.21. The second-order valence-electron chi connectivity index (χ2n) is 7.06. The van der Waals surface area contributed by atoms with Gasteiger partial charge in [0.1, 0.15) is 5.75 Å². The van der Waals surface area contributed by atoms with Crippen LogP contribution in [0.3, 0.4) is 0 Å². The van der Waals surface area contributed by atoms with Crippen LogP contribution in [0.25, 0.3) is 0 Å². The average molecular weight is 491 g/mol. The van der Waals surface area contributed by atoms with Crippen molar-refractivity contribution in [3.05, 3.63) is 82.6 Å². The lowest BCUT2D eigenvalue weighted by molar-refractivity contribution is -0.119.